The van der Waals surface area contributed by atoms with E-state index in [1.807, 2.05) is 0 Å². The molecule has 0 aromatic carbocycles. The molecule has 0 saturated carbocycles. The molecule has 1 nitrogen and oxygen atoms in total. The zero-order chi connectivity index (χ0) is 7.54. The van der Waals surface area contributed by atoms with E-state index in [0.29, 0.717) is 0 Å². The molecule has 0 aliphatic heterocycles. The van der Waals surface area contributed by atoms with Crippen LogP contribution in [-0.2, 0) is 0 Å². The Kier molecular flexibility index (Phi) is 96.1. The summed E-state index contributed by atoms with van der Waals surface area (Å²) in [5.74, 6) is 0. The molecule has 0 aliphatic rings. The summed E-state index contributed by atoms with van der Waals surface area (Å²) in [7, 11) is 0. The number of halogens is 2. The third-order valence-electron chi connectivity index (χ3n) is 0.762. The topological polar surface area (TPSA) is 20.2 Å². The Morgan fingerprint density at radius 3 is 1.42 bits per heavy atom. The van der Waals surface area contributed by atoms with E-state index in [2.05, 4.69) is 20.8 Å². The zero-order valence-corrected chi connectivity index (χ0v) is 12.0. The molecule has 4 radical (unpaired) electrons. The van der Waals surface area contributed by atoms with Gasteiger partial charge in [0, 0.05) is 6.61 Å². The normalized spacial score (nSPS) is 6.00. The SMILES string of the molecule is [CH2]CCC.[CH2]CCCO.[Cl-].[Cl-].[Sn+2]. The molecule has 74 valence electrons. The largest absolute Gasteiger partial charge is 2.00 e. The summed E-state index contributed by atoms with van der Waals surface area (Å²) in [5.41, 5.74) is 0. The van der Waals surface area contributed by atoms with Gasteiger partial charge < -0.3 is 29.9 Å². The first-order valence-corrected chi connectivity index (χ1v) is 3.52. The minimum absolute atomic E-state index is 0. The fraction of sp³-hybridized carbons (Fsp3) is 0.750. The van der Waals surface area contributed by atoms with Crippen LogP contribution in [0.3, 0.4) is 0 Å². The Morgan fingerprint density at radius 2 is 1.42 bits per heavy atom. The van der Waals surface area contributed by atoms with E-state index >= 15 is 0 Å². The Balaban J connectivity index is -0.0000000221. The average Bonchev–Trinajstić information content (AvgIpc) is 1.91. The summed E-state index contributed by atoms with van der Waals surface area (Å²) >= 11 is 0. The molecule has 0 saturated heterocycles. The first kappa shape index (κ1) is 29.2. The number of aliphatic hydroxyl groups is 1. The second-order valence-electron chi connectivity index (χ2n) is 1.78. The van der Waals surface area contributed by atoms with Crippen LogP contribution >= 0.6 is 0 Å². The molecule has 0 atom stereocenters. The molecule has 0 unspecified atom stereocenters. The first-order valence-electron chi connectivity index (χ1n) is 3.52. The van der Waals surface area contributed by atoms with Crippen molar-refractivity contribution in [1.82, 2.24) is 0 Å². The number of hydrogen-bond acceptors (Lipinski definition) is 1. The van der Waals surface area contributed by atoms with Gasteiger partial charge >= 0.3 is 23.9 Å². The fourth-order valence-electron chi connectivity index (χ4n) is 0.112. The summed E-state index contributed by atoms with van der Waals surface area (Å²) in [5, 5.41) is 8.03. The third-order valence-corrected chi connectivity index (χ3v) is 0.762. The van der Waals surface area contributed by atoms with Crippen LogP contribution in [0.1, 0.15) is 32.6 Å². The summed E-state index contributed by atoms with van der Waals surface area (Å²) < 4.78 is 0. The van der Waals surface area contributed by atoms with Gasteiger partial charge in [-0.1, -0.05) is 40.0 Å². The minimum atomic E-state index is 0. The van der Waals surface area contributed by atoms with Crippen molar-refractivity contribution < 1.29 is 29.9 Å². The Hall–Kier alpha value is 1.34. The Morgan fingerprint density at radius 1 is 1.08 bits per heavy atom. The van der Waals surface area contributed by atoms with Gasteiger partial charge in [-0.2, -0.15) is 0 Å². The van der Waals surface area contributed by atoms with Crippen LogP contribution in [0, 0.1) is 13.8 Å². The summed E-state index contributed by atoms with van der Waals surface area (Å²) in [6.45, 7) is 9.52. The number of aliphatic hydroxyl groups excluding tert-OH is 1. The predicted octanol–water partition coefficient (Wildman–Crippen LogP) is -4.16. The van der Waals surface area contributed by atoms with Crippen LogP contribution < -0.4 is 24.8 Å². The van der Waals surface area contributed by atoms with Crippen molar-refractivity contribution in [3.63, 3.8) is 0 Å². The van der Waals surface area contributed by atoms with E-state index in [1.54, 1.807) is 0 Å². The molecule has 0 aromatic heterocycles. The molecule has 0 aromatic rings. The Bertz CT molecular complexity index is 36.2. The van der Waals surface area contributed by atoms with Gasteiger partial charge in [-0.25, -0.2) is 0 Å². The molecule has 0 bridgehead atoms. The molecular formula is C8H18Cl2OSn. The van der Waals surface area contributed by atoms with Crippen molar-refractivity contribution in [3.05, 3.63) is 13.8 Å². The minimum Gasteiger partial charge on any atom is -1.00 e. The molecule has 0 amide bonds. The predicted molar refractivity (Wildman–Crippen MR) is 47.7 cm³/mol. The van der Waals surface area contributed by atoms with Crippen molar-refractivity contribution in [2.45, 2.75) is 32.6 Å². The van der Waals surface area contributed by atoms with Gasteiger partial charge in [0.15, 0.2) is 0 Å². The van der Waals surface area contributed by atoms with E-state index in [0.717, 1.165) is 19.3 Å². The van der Waals surface area contributed by atoms with E-state index in [-0.39, 0.29) is 55.3 Å². The second-order valence-corrected chi connectivity index (χ2v) is 1.78. The van der Waals surface area contributed by atoms with Gasteiger partial charge in [0.1, 0.15) is 0 Å². The van der Waals surface area contributed by atoms with Gasteiger partial charge in [-0.15, -0.1) is 0 Å². The van der Waals surface area contributed by atoms with Crippen LogP contribution in [0.4, 0.5) is 0 Å². The van der Waals surface area contributed by atoms with Crippen molar-refractivity contribution in [3.8, 4) is 0 Å². The number of hydrogen-bond donors (Lipinski definition) is 1. The van der Waals surface area contributed by atoms with E-state index < -0.39 is 0 Å². The summed E-state index contributed by atoms with van der Waals surface area (Å²) in [4.78, 5) is 0. The monoisotopic (exact) mass is 320 g/mol. The maximum absolute atomic E-state index is 8.03. The number of unbranched alkanes of at least 4 members (excludes halogenated alkanes) is 2. The molecule has 0 fully saturated rings. The zero-order valence-electron chi connectivity index (χ0n) is 7.65. The van der Waals surface area contributed by atoms with Crippen LogP contribution in [-0.4, -0.2) is 35.6 Å². The third kappa shape index (κ3) is 64.4. The van der Waals surface area contributed by atoms with Crippen LogP contribution in [0.25, 0.3) is 0 Å². The maximum atomic E-state index is 8.03. The molecule has 0 aliphatic carbocycles. The van der Waals surface area contributed by atoms with Crippen LogP contribution in [0.2, 0.25) is 0 Å². The van der Waals surface area contributed by atoms with Gasteiger partial charge in [0.2, 0.25) is 0 Å². The molecule has 0 heterocycles. The second kappa shape index (κ2) is 39.5. The smallest absolute Gasteiger partial charge is 1.00 e. The van der Waals surface area contributed by atoms with Crippen LogP contribution in [0.5, 0.6) is 0 Å². The van der Waals surface area contributed by atoms with Gasteiger partial charge in [0.05, 0.1) is 0 Å². The molecule has 0 spiro atoms. The summed E-state index contributed by atoms with van der Waals surface area (Å²) in [6, 6.07) is 0. The molecule has 1 N–H and O–H groups in total. The van der Waals surface area contributed by atoms with Gasteiger partial charge in [-0.05, 0) is 6.42 Å². The van der Waals surface area contributed by atoms with E-state index in [1.165, 1.54) is 6.42 Å². The average molecular weight is 320 g/mol. The standard InChI is InChI=1S/C4H9O.C4H9.2ClH.Sn/c1-2-3-4-5;1-3-4-2;;;/h5H,1-4H2;1,3-4H2,2H3;2*1H;/q;;;;+2/p-2. The quantitative estimate of drug-likeness (QED) is 0.524. The van der Waals surface area contributed by atoms with Crippen molar-refractivity contribution >= 4 is 23.9 Å². The number of rotatable bonds is 3. The molecular weight excluding hydrogens is 302 g/mol. The first-order chi connectivity index (χ1) is 4.33. The van der Waals surface area contributed by atoms with Gasteiger partial charge in [0.25, 0.3) is 0 Å². The fourth-order valence-corrected chi connectivity index (χ4v) is 0.112. The molecule has 12 heavy (non-hydrogen) atoms. The van der Waals surface area contributed by atoms with Crippen molar-refractivity contribution in [2.24, 2.45) is 0 Å². The van der Waals surface area contributed by atoms with E-state index in [9.17, 15) is 0 Å². The van der Waals surface area contributed by atoms with Crippen molar-refractivity contribution in [1.29, 1.82) is 0 Å². The maximum Gasteiger partial charge on any atom is 2.00 e. The van der Waals surface area contributed by atoms with Crippen LogP contribution in [0.15, 0.2) is 0 Å². The Labute approximate surface area is 106 Å². The van der Waals surface area contributed by atoms with E-state index in [4.69, 9.17) is 5.11 Å². The molecule has 4 heteroatoms. The van der Waals surface area contributed by atoms with Gasteiger partial charge in [-0.3, -0.25) is 0 Å². The molecule has 0 rings (SSSR count). The van der Waals surface area contributed by atoms with Crippen molar-refractivity contribution in [2.75, 3.05) is 6.61 Å². The summed E-state index contributed by atoms with van der Waals surface area (Å²) in [6.07, 6.45) is 3.95.